The van der Waals surface area contributed by atoms with Gasteiger partial charge in [0.15, 0.2) is 5.75 Å². The van der Waals surface area contributed by atoms with Crippen LogP contribution in [0.5, 0.6) is 11.5 Å². The van der Waals surface area contributed by atoms with Crippen LogP contribution in [-0.2, 0) is 28.7 Å². The summed E-state index contributed by atoms with van der Waals surface area (Å²) in [5.41, 5.74) is -1.83. The molecule has 0 atom stereocenters. The fourth-order valence-corrected chi connectivity index (χ4v) is 2.21. The molecule has 0 aliphatic rings. The first-order chi connectivity index (χ1) is 15.1. The van der Waals surface area contributed by atoms with E-state index >= 15 is 0 Å². The van der Waals surface area contributed by atoms with Gasteiger partial charge < -0.3 is 18.9 Å². The minimum absolute atomic E-state index is 0.0770. The normalized spacial score (nSPS) is 10.1. The van der Waals surface area contributed by atoms with Crippen LogP contribution in [0.4, 0.5) is 11.4 Å². The van der Waals surface area contributed by atoms with Crippen molar-refractivity contribution >= 4 is 35.3 Å². The van der Waals surface area contributed by atoms with Crippen LogP contribution in [0.25, 0.3) is 0 Å². The molecule has 0 bridgehead atoms. The lowest BCUT2D eigenvalue weighted by molar-refractivity contribution is -0.394. The number of nitro benzene ring substituents is 2. The van der Waals surface area contributed by atoms with E-state index in [1.54, 1.807) is 13.8 Å². The number of esters is 4. The molecule has 14 nitrogen and oxygen atoms in total. The average Bonchev–Trinajstić information content (AvgIpc) is 2.72. The third-order valence-electron chi connectivity index (χ3n) is 3.54. The van der Waals surface area contributed by atoms with E-state index in [0.29, 0.717) is 12.1 Å². The summed E-state index contributed by atoms with van der Waals surface area (Å²) in [6, 6.07) is 1.17. The Hall–Kier alpha value is -4.10. The number of carbonyl (C=O) groups is 4. The van der Waals surface area contributed by atoms with Gasteiger partial charge in [0.1, 0.15) is 0 Å². The van der Waals surface area contributed by atoms with Crippen LogP contribution < -0.4 is 9.47 Å². The van der Waals surface area contributed by atoms with Gasteiger partial charge in [-0.15, -0.1) is 0 Å². The van der Waals surface area contributed by atoms with Crippen molar-refractivity contribution in [1.82, 2.24) is 0 Å². The van der Waals surface area contributed by atoms with E-state index in [-0.39, 0.29) is 26.1 Å². The maximum Gasteiger partial charge on any atom is 0.322 e. The Balaban J connectivity index is 3.16. The number of benzene rings is 1. The first kappa shape index (κ1) is 25.9. The van der Waals surface area contributed by atoms with Gasteiger partial charge >= 0.3 is 29.6 Å². The molecule has 0 aliphatic heterocycles. The molecule has 14 heteroatoms. The molecule has 0 spiro atoms. The van der Waals surface area contributed by atoms with Crippen LogP contribution in [-0.4, -0.2) is 46.9 Å². The van der Waals surface area contributed by atoms with Crippen LogP contribution in [0.15, 0.2) is 12.1 Å². The highest BCUT2D eigenvalue weighted by Crippen LogP contribution is 2.41. The van der Waals surface area contributed by atoms with Gasteiger partial charge in [-0.05, 0) is 13.8 Å². The van der Waals surface area contributed by atoms with Gasteiger partial charge in [-0.25, -0.2) is 0 Å². The third-order valence-corrected chi connectivity index (χ3v) is 3.54. The van der Waals surface area contributed by atoms with Crippen molar-refractivity contribution in [3.63, 3.8) is 0 Å². The zero-order valence-corrected chi connectivity index (χ0v) is 17.2. The Morgan fingerprint density at radius 3 is 1.66 bits per heavy atom. The second kappa shape index (κ2) is 12.6. The van der Waals surface area contributed by atoms with Gasteiger partial charge in [0.25, 0.3) is 11.4 Å². The number of nitro groups is 2. The second-order valence-corrected chi connectivity index (χ2v) is 5.86. The van der Waals surface area contributed by atoms with E-state index in [9.17, 15) is 39.4 Å². The number of non-ortho nitro benzene ring substituents is 1. The number of hydrogen-bond acceptors (Lipinski definition) is 12. The molecular weight excluding hydrogens is 436 g/mol. The maximum atomic E-state index is 12.1. The highest BCUT2D eigenvalue weighted by Gasteiger charge is 2.30. The standard InChI is InChI=1S/C18H20N2O12/c1-3-29-14(21)5-7-16(23)31-13-10-11(19(25)26)9-12(20(27)28)18(13)32-17(24)8-6-15(22)30-4-2/h9-10H,3-8H2,1-2H3. The lowest BCUT2D eigenvalue weighted by Crippen LogP contribution is -2.16. The van der Waals surface area contributed by atoms with Crippen molar-refractivity contribution in [1.29, 1.82) is 0 Å². The van der Waals surface area contributed by atoms with E-state index < -0.39 is 69.4 Å². The maximum absolute atomic E-state index is 12.1. The van der Waals surface area contributed by atoms with E-state index in [1.165, 1.54) is 0 Å². The molecule has 0 aliphatic carbocycles. The first-order valence-corrected chi connectivity index (χ1v) is 9.28. The van der Waals surface area contributed by atoms with Crippen LogP contribution in [0.2, 0.25) is 0 Å². The summed E-state index contributed by atoms with van der Waals surface area (Å²) in [6.07, 6.45) is -1.80. The zero-order chi connectivity index (χ0) is 24.3. The molecular formula is C18H20N2O12. The Bertz CT molecular complexity index is 911. The molecule has 0 saturated heterocycles. The Labute approximate surface area is 180 Å². The summed E-state index contributed by atoms with van der Waals surface area (Å²) in [5, 5.41) is 22.5. The van der Waals surface area contributed by atoms with Crippen molar-refractivity contribution in [2.45, 2.75) is 39.5 Å². The van der Waals surface area contributed by atoms with Crippen LogP contribution in [0.1, 0.15) is 39.5 Å². The van der Waals surface area contributed by atoms with Crippen molar-refractivity contribution < 1.29 is 48.0 Å². The largest absolute Gasteiger partial charge is 0.466 e. The monoisotopic (exact) mass is 456 g/mol. The van der Waals surface area contributed by atoms with Crippen molar-refractivity contribution in [2.75, 3.05) is 13.2 Å². The van der Waals surface area contributed by atoms with Crippen molar-refractivity contribution in [3.05, 3.63) is 32.4 Å². The summed E-state index contributed by atoms with van der Waals surface area (Å²) in [4.78, 5) is 67.2. The molecule has 0 radical (unpaired) electrons. The first-order valence-electron chi connectivity index (χ1n) is 9.28. The Morgan fingerprint density at radius 1 is 0.750 bits per heavy atom. The van der Waals surface area contributed by atoms with E-state index in [4.69, 9.17) is 9.47 Å². The summed E-state index contributed by atoms with van der Waals surface area (Å²) in [5.74, 6) is -5.26. The van der Waals surface area contributed by atoms with E-state index in [0.717, 1.165) is 0 Å². The summed E-state index contributed by atoms with van der Waals surface area (Å²) in [6.45, 7) is 3.27. The number of rotatable bonds is 12. The quantitative estimate of drug-likeness (QED) is 0.192. The molecule has 0 saturated carbocycles. The summed E-state index contributed by atoms with van der Waals surface area (Å²) in [7, 11) is 0. The van der Waals surface area contributed by atoms with Crippen molar-refractivity contribution in [3.8, 4) is 11.5 Å². The minimum Gasteiger partial charge on any atom is -0.466 e. The third kappa shape index (κ3) is 8.33. The van der Waals surface area contributed by atoms with Crippen molar-refractivity contribution in [2.24, 2.45) is 0 Å². The number of hydrogen-bond donors (Lipinski definition) is 0. The fourth-order valence-electron chi connectivity index (χ4n) is 2.21. The second-order valence-electron chi connectivity index (χ2n) is 5.86. The van der Waals surface area contributed by atoms with Crippen LogP contribution in [0.3, 0.4) is 0 Å². The highest BCUT2D eigenvalue weighted by molar-refractivity contribution is 5.83. The minimum atomic E-state index is -1.11. The SMILES string of the molecule is CCOC(=O)CCC(=O)Oc1cc([N+](=O)[O-])cc([N+](=O)[O-])c1OC(=O)CCC(=O)OCC. The molecule has 174 valence electrons. The topological polar surface area (TPSA) is 191 Å². The predicted octanol–water partition coefficient (Wildman–Crippen LogP) is 2.00. The predicted molar refractivity (Wildman–Crippen MR) is 103 cm³/mol. The van der Waals surface area contributed by atoms with Gasteiger partial charge in [0.2, 0.25) is 0 Å². The average molecular weight is 456 g/mol. The summed E-state index contributed by atoms with van der Waals surface area (Å²) >= 11 is 0. The molecule has 0 aromatic heterocycles. The molecule has 0 N–H and O–H groups in total. The highest BCUT2D eigenvalue weighted by atomic mass is 16.6. The Morgan fingerprint density at radius 2 is 1.22 bits per heavy atom. The molecule has 0 heterocycles. The van der Waals surface area contributed by atoms with E-state index in [2.05, 4.69) is 9.47 Å². The lowest BCUT2D eigenvalue weighted by atomic mass is 10.2. The van der Waals surface area contributed by atoms with Crippen LogP contribution in [0, 0.1) is 20.2 Å². The molecule has 1 aromatic carbocycles. The number of carbonyl (C=O) groups excluding carboxylic acids is 4. The summed E-state index contributed by atoms with van der Waals surface area (Å²) < 4.78 is 19.1. The molecule has 1 rings (SSSR count). The Kier molecular flexibility index (Phi) is 10.2. The number of ether oxygens (including phenoxy) is 4. The lowest BCUT2D eigenvalue weighted by Gasteiger charge is -2.11. The smallest absolute Gasteiger partial charge is 0.322 e. The molecule has 32 heavy (non-hydrogen) atoms. The van der Waals surface area contributed by atoms with Gasteiger partial charge in [-0.1, -0.05) is 0 Å². The number of nitrogens with zero attached hydrogens (tertiary/aromatic N) is 2. The van der Waals surface area contributed by atoms with Gasteiger partial charge in [0.05, 0.1) is 60.9 Å². The van der Waals surface area contributed by atoms with Gasteiger partial charge in [-0.2, -0.15) is 0 Å². The molecule has 0 amide bonds. The fraction of sp³-hybridized carbons (Fsp3) is 0.444. The van der Waals surface area contributed by atoms with Gasteiger partial charge in [-0.3, -0.25) is 39.4 Å². The molecule has 1 aromatic rings. The molecule has 0 unspecified atom stereocenters. The molecule has 0 fully saturated rings. The van der Waals surface area contributed by atoms with Crippen LogP contribution >= 0.6 is 0 Å². The van der Waals surface area contributed by atoms with E-state index in [1.807, 2.05) is 0 Å². The zero-order valence-electron chi connectivity index (χ0n) is 17.2. The van der Waals surface area contributed by atoms with Gasteiger partial charge in [0, 0.05) is 0 Å².